The van der Waals surface area contributed by atoms with E-state index in [4.69, 9.17) is 10.5 Å². The summed E-state index contributed by atoms with van der Waals surface area (Å²) in [6.07, 6.45) is 2.31. The quantitative estimate of drug-likeness (QED) is 0.365. The molecule has 1 aromatic heterocycles. The lowest BCUT2D eigenvalue weighted by atomic mass is 9.84. The third-order valence-corrected chi connectivity index (χ3v) is 7.10. The van der Waals surface area contributed by atoms with Gasteiger partial charge in [0, 0.05) is 31.2 Å². The van der Waals surface area contributed by atoms with Gasteiger partial charge in [0.05, 0.1) is 31.1 Å². The summed E-state index contributed by atoms with van der Waals surface area (Å²) >= 11 is 0. The Hall–Kier alpha value is -3.37. The highest BCUT2D eigenvalue weighted by molar-refractivity contribution is 5.75. The third-order valence-electron chi connectivity index (χ3n) is 7.10. The first-order valence-corrected chi connectivity index (χ1v) is 13.6. The van der Waals surface area contributed by atoms with Gasteiger partial charge >= 0.3 is 6.03 Å². The molecule has 0 radical (unpaired) electrons. The van der Waals surface area contributed by atoms with Crippen LogP contribution in [0.25, 0.3) is 11.3 Å². The number of nitrogens with two attached hydrogens (primary N) is 1. The maximum Gasteiger partial charge on any atom is 0.320 e. The summed E-state index contributed by atoms with van der Waals surface area (Å²) in [6.45, 7) is 7.38. The highest BCUT2D eigenvalue weighted by atomic mass is 19.1. The molecular formula is C30H38F3N5O2. The van der Waals surface area contributed by atoms with Gasteiger partial charge in [0.2, 0.25) is 0 Å². The van der Waals surface area contributed by atoms with Crippen molar-refractivity contribution in [3.05, 3.63) is 77.2 Å². The molecule has 2 amide bonds. The molecule has 0 unspecified atom stereocenters. The van der Waals surface area contributed by atoms with Crippen molar-refractivity contribution in [2.75, 3.05) is 39.5 Å². The molecule has 2 atom stereocenters. The van der Waals surface area contributed by atoms with Crippen LogP contribution in [0.4, 0.5) is 18.0 Å². The van der Waals surface area contributed by atoms with E-state index >= 15 is 0 Å². The van der Waals surface area contributed by atoms with E-state index in [0.717, 1.165) is 11.1 Å². The van der Waals surface area contributed by atoms with Crippen molar-refractivity contribution < 1.29 is 22.7 Å². The average Bonchev–Trinajstić information content (AvgIpc) is 3.40. The molecule has 1 fully saturated rings. The smallest absolute Gasteiger partial charge is 0.320 e. The third kappa shape index (κ3) is 7.22. The molecule has 10 heteroatoms. The van der Waals surface area contributed by atoms with Crippen LogP contribution in [0, 0.1) is 17.0 Å². The summed E-state index contributed by atoms with van der Waals surface area (Å²) in [5.41, 5.74) is 8.16. The zero-order valence-electron chi connectivity index (χ0n) is 23.3. The molecule has 1 aliphatic heterocycles. The number of rotatable bonds is 9. The predicted molar refractivity (Wildman–Crippen MR) is 148 cm³/mol. The first-order chi connectivity index (χ1) is 19.1. The lowest BCUT2D eigenvalue weighted by Crippen LogP contribution is -2.52. The molecule has 1 aliphatic rings. The number of carbonyl (C=O) groups is 1. The maximum atomic E-state index is 14.4. The zero-order valence-corrected chi connectivity index (χ0v) is 23.3. The number of H-pyrrole nitrogens is 1. The lowest BCUT2D eigenvalue weighted by Gasteiger charge is -2.42. The van der Waals surface area contributed by atoms with E-state index in [1.807, 2.05) is 26.8 Å². The fourth-order valence-electron chi connectivity index (χ4n) is 5.11. The van der Waals surface area contributed by atoms with Crippen LogP contribution in [-0.2, 0) is 11.2 Å². The van der Waals surface area contributed by atoms with Gasteiger partial charge in [-0.25, -0.2) is 22.9 Å². The zero-order chi connectivity index (χ0) is 28.9. The molecule has 3 N–H and O–H groups in total. The van der Waals surface area contributed by atoms with Gasteiger partial charge < -0.3 is 25.3 Å². The average molecular weight is 558 g/mol. The Morgan fingerprint density at radius 3 is 2.55 bits per heavy atom. The van der Waals surface area contributed by atoms with Crippen LogP contribution in [0.15, 0.2) is 48.7 Å². The van der Waals surface area contributed by atoms with Crippen molar-refractivity contribution in [3.8, 4) is 11.3 Å². The molecule has 0 bridgehead atoms. The summed E-state index contributed by atoms with van der Waals surface area (Å²) in [5.74, 6) is -0.222. The predicted octanol–water partition coefficient (Wildman–Crippen LogP) is 5.47. The Labute approximate surface area is 233 Å². The number of amides is 2. The van der Waals surface area contributed by atoms with Crippen molar-refractivity contribution in [2.45, 2.75) is 45.7 Å². The van der Waals surface area contributed by atoms with Gasteiger partial charge in [0.25, 0.3) is 0 Å². The number of carbonyl (C=O) groups excluding carboxylic acids is 1. The molecule has 2 aromatic carbocycles. The molecule has 4 rings (SSSR count). The molecule has 1 saturated heterocycles. The van der Waals surface area contributed by atoms with Gasteiger partial charge in [0.1, 0.15) is 24.1 Å². The van der Waals surface area contributed by atoms with Crippen molar-refractivity contribution in [1.29, 1.82) is 0 Å². The number of nitrogens with zero attached hydrogens (tertiary/aromatic N) is 3. The minimum absolute atomic E-state index is 0.190. The van der Waals surface area contributed by atoms with Gasteiger partial charge in [-0.2, -0.15) is 0 Å². The number of alkyl halides is 1. The Morgan fingerprint density at radius 2 is 1.88 bits per heavy atom. The van der Waals surface area contributed by atoms with E-state index in [1.54, 1.807) is 28.1 Å². The van der Waals surface area contributed by atoms with Crippen LogP contribution in [0.5, 0.6) is 0 Å². The number of urea groups is 1. The Bertz CT molecular complexity index is 1290. The topological polar surface area (TPSA) is 87.5 Å². The molecular weight excluding hydrogens is 519 g/mol. The molecule has 2 heterocycles. The molecule has 40 heavy (non-hydrogen) atoms. The lowest BCUT2D eigenvalue weighted by molar-refractivity contribution is 0.0282. The monoisotopic (exact) mass is 557 g/mol. The van der Waals surface area contributed by atoms with Crippen LogP contribution >= 0.6 is 0 Å². The largest absolute Gasteiger partial charge is 0.378 e. The SMILES string of the molecule is CC(C)(C)[C@H](c1ncc(-c2cc(F)ccc2Cc2cccc(F)c2)[nH]1)N(CC[C@@H](N)CF)C(=O)N1CCOCC1. The van der Waals surface area contributed by atoms with E-state index in [0.29, 0.717) is 49.8 Å². The Balaban J connectivity index is 1.71. The number of morpholine rings is 1. The fourth-order valence-corrected chi connectivity index (χ4v) is 5.11. The standard InChI is InChI=1S/C30H38F3N5O2/c1-30(2,3)27(38(10-9-24(34)18-31)29(39)37-11-13-40-14-12-37)28-35-19-26(36-28)25-17-23(33)8-7-21(25)15-20-5-4-6-22(32)16-20/h4-8,16-17,19,24,27H,9-15,18,34H2,1-3H3,(H,35,36)/t24-,27+/m1/s1. The molecule has 0 saturated carbocycles. The van der Waals surface area contributed by atoms with E-state index < -0.39 is 30.0 Å². The second-order valence-electron chi connectivity index (χ2n) is 11.3. The number of aromatic nitrogens is 2. The van der Waals surface area contributed by atoms with Crippen LogP contribution in [0.2, 0.25) is 0 Å². The second-order valence-corrected chi connectivity index (χ2v) is 11.3. The summed E-state index contributed by atoms with van der Waals surface area (Å²) in [5, 5.41) is 0. The first-order valence-electron chi connectivity index (χ1n) is 13.6. The number of imidazole rings is 1. The number of aromatic amines is 1. The minimum Gasteiger partial charge on any atom is -0.378 e. The summed E-state index contributed by atoms with van der Waals surface area (Å²) in [4.78, 5) is 25.3. The summed E-state index contributed by atoms with van der Waals surface area (Å²) in [7, 11) is 0. The van der Waals surface area contributed by atoms with Gasteiger partial charge in [-0.15, -0.1) is 0 Å². The van der Waals surface area contributed by atoms with Crippen LogP contribution in [-0.4, -0.2) is 71.4 Å². The number of halogens is 3. The molecule has 0 spiro atoms. The fraction of sp³-hybridized carbons (Fsp3) is 0.467. The van der Waals surface area contributed by atoms with E-state index in [-0.39, 0.29) is 24.8 Å². The van der Waals surface area contributed by atoms with Crippen molar-refractivity contribution >= 4 is 6.03 Å². The molecule has 216 valence electrons. The Kier molecular flexibility index (Phi) is 9.52. The highest BCUT2D eigenvalue weighted by Gasteiger charge is 2.39. The highest BCUT2D eigenvalue weighted by Crippen LogP contribution is 2.39. The van der Waals surface area contributed by atoms with E-state index in [2.05, 4.69) is 9.97 Å². The number of benzene rings is 2. The number of hydrogen-bond acceptors (Lipinski definition) is 4. The minimum atomic E-state index is -0.689. The number of nitrogens with one attached hydrogen (secondary N) is 1. The van der Waals surface area contributed by atoms with Crippen molar-refractivity contribution in [3.63, 3.8) is 0 Å². The summed E-state index contributed by atoms with van der Waals surface area (Å²) < 4.78 is 47.0. The van der Waals surface area contributed by atoms with Crippen LogP contribution in [0.1, 0.15) is 50.2 Å². The molecule has 0 aliphatic carbocycles. The normalized spacial score (nSPS) is 15.6. The van der Waals surface area contributed by atoms with Crippen LogP contribution in [0.3, 0.4) is 0 Å². The second kappa shape index (κ2) is 12.9. The van der Waals surface area contributed by atoms with Gasteiger partial charge in [-0.05, 0) is 53.6 Å². The first kappa shape index (κ1) is 29.6. The van der Waals surface area contributed by atoms with Crippen molar-refractivity contribution in [1.82, 2.24) is 19.8 Å². The van der Waals surface area contributed by atoms with Gasteiger partial charge in [-0.1, -0.05) is 39.0 Å². The van der Waals surface area contributed by atoms with Crippen molar-refractivity contribution in [2.24, 2.45) is 11.1 Å². The van der Waals surface area contributed by atoms with E-state index in [1.165, 1.54) is 24.3 Å². The molecule has 3 aromatic rings. The van der Waals surface area contributed by atoms with E-state index in [9.17, 15) is 18.0 Å². The Morgan fingerprint density at radius 1 is 1.15 bits per heavy atom. The summed E-state index contributed by atoms with van der Waals surface area (Å²) in [6, 6.07) is 9.40. The number of ether oxygens (including phenoxy) is 1. The number of hydrogen-bond donors (Lipinski definition) is 2. The maximum absolute atomic E-state index is 14.4. The van der Waals surface area contributed by atoms with Gasteiger partial charge in [0.15, 0.2) is 0 Å². The van der Waals surface area contributed by atoms with Gasteiger partial charge in [-0.3, -0.25) is 0 Å². The van der Waals surface area contributed by atoms with Crippen LogP contribution < -0.4 is 5.73 Å². The molecule has 7 nitrogen and oxygen atoms in total.